The van der Waals surface area contributed by atoms with Gasteiger partial charge in [0.2, 0.25) is 0 Å². The van der Waals surface area contributed by atoms with Crippen LogP contribution in [0.1, 0.15) is 40.7 Å². The van der Waals surface area contributed by atoms with Gasteiger partial charge in [-0.1, -0.05) is 6.07 Å². The van der Waals surface area contributed by atoms with Gasteiger partial charge in [0.1, 0.15) is 11.6 Å². The third-order valence-corrected chi connectivity index (χ3v) is 7.75. The molecule has 2 heterocycles. The molecule has 0 spiro atoms. The Morgan fingerprint density at radius 2 is 1.97 bits per heavy atom. The van der Waals surface area contributed by atoms with Crippen LogP contribution < -0.4 is 15.0 Å². The van der Waals surface area contributed by atoms with E-state index in [1.807, 2.05) is 22.5 Å². The van der Waals surface area contributed by atoms with E-state index in [-0.39, 0.29) is 11.7 Å². The fourth-order valence-electron chi connectivity index (χ4n) is 4.74. The van der Waals surface area contributed by atoms with Crippen LogP contribution in [0.2, 0.25) is 0 Å². The molecule has 1 N–H and O–H groups in total. The minimum Gasteiger partial charge on any atom is -0.496 e. The summed E-state index contributed by atoms with van der Waals surface area (Å²) < 4.78 is 32.5. The summed E-state index contributed by atoms with van der Waals surface area (Å²) in [6.07, 6.45) is 5.55. The SMILES string of the molecule is COc1cc(F)ccc1CN1CCCc2cc(C(=O)NCC3CCN(S(C)=O)CC3)ccc21. The van der Waals surface area contributed by atoms with Gasteiger partial charge in [0.05, 0.1) is 18.1 Å². The van der Waals surface area contributed by atoms with E-state index in [2.05, 4.69) is 10.2 Å². The van der Waals surface area contributed by atoms with Gasteiger partial charge in [-0.3, -0.25) is 4.79 Å². The fraction of sp³-hybridized carbons (Fsp3) is 0.480. The maximum Gasteiger partial charge on any atom is 0.251 e. The minimum absolute atomic E-state index is 0.0448. The van der Waals surface area contributed by atoms with Crippen molar-refractivity contribution in [1.29, 1.82) is 0 Å². The fourth-order valence-corrected chi connectivity index (χ4v) is 5.47. The van der Waals surface area contributed by atoms with Gasteiger partial charge >= 0.3 is 0 Å². The number of anilines is 1. The summed E-state index contributed by atoms with van der Waals surface area (Å²) in [5.74, 6) is 0.620. The minimum atomic E-state index is -0.912. The molecule has 8 heteroatoms. The van der Waals surface area contributed by atoms with Crippen molar-refractivity contribution in [1.82, 2.24) is 9.62 Å². The van der Waals surface area contributed by atoms with Crippen molar-refractivity contribution in [2.75, 3.05) is 44.4 Å². The third kappa shape index (κ3) is 5.73. The molecule has 2 aromatic carbocycles. The van der Waals surface area contributed by atoms with Gasteiger partial charge in [-0.25, -0.2) is 12.9 Å². The number of amides is 1. The number of carbonyl (C=O) groups is 1. The monoisotopic (exact) mass is 473 g/mol. The Morgan fingerprint density at radius 3 is 2.70 bits per heavy atom. The first-order valence-corrected chi connectivity index (χ1v) is 13.0. The van der Waals surface area contributed by atoms with E-state index < -0.39 is 11.0 Å². The molecular weight excluding hydrogens is 441 g/mol. The molecular formula is C25H32FN3O3S. The third-order valence-electron chi connectivity index (χ3n) is 6.66. The van der Waals surface area contributed by atoms with E-state index >= 15 is 0 Å². The van der Waals surface area contributed by atoms with Crippen LogP contribution in [0, 0.1) is 11.7 Å². The predicted molar refractivity (Wildman–Crippen MR) is 129 cm³/mol. The van der Waals surface area contributed by atoms with E-state index in [1.165, 1.54) is 12.1 Å². The second kappa shape index (κ2) is 10.7. The van der Waals surface area contributed by atoms with Gasteiger partial charge in [-0.2, -0.15) is 0 Å². The second-order valence-corrected chi connectivity index (χ2v) is 10.2. The van der Waals surface area contributed by atoms with Crippen LogP contribution in [0.3, 0.4) is 0 Å². The van der Waals surface area contributed by atoms with Gasteiger partial charge in [0.25, 0.3) is 5.91 Å². The smallest absolute Gasteiger partial charge is 0.251 e. The number of carbonyl (C=O) groups excluding carboxylic acids is 1. The highest BCUT2D eigenvalue weighted by Crippen LogP contribution is 2.31. The summed E-state index contributed by atoms with van der Waals surface area (Å²) in [5.41, 5.74) is 3.89. The summed E-state index contributed by atoms with van der Waals surface area (Å²) in [5, 5.41) is 3.09. The number of hydrogen-bond donors (Lipinski definition) is 1. The first kappa shape index (κ1) is 23.7. The van der Waals surface area contributed by atoms with Crippen molar-refractivity contribution in [3.05, 3.63) is 58.9 Å². The molecule has 2 aliphatic heterocycles. The van der Waals surface area contributed by atoms with Crippen LogP contribution in [0.25, 0.3) is 0 Å². The van der Waals surface area contributed by atoms with Crippen LogP contribution in [0.5, 0.6) is 5.75 Å². The number of fused-ring (bicyclic) bond motifs is 1. The largest absolute Gasteiger partial charge is 0.496 e. The highest BCUT2D eigenvalue weighted by atomic mass is 32.2. The number of hydrogen-bond acceptors (Lipinski definition) is 4. The van der Waals surface area contributed by atoms with Crippen molar-refractivity contribution >= 4 is 22.6 Å². The second-order valence-electron chi connectivity index (χ2n) is 8.83. The molecule has 178 valence electrons. The average Bonchev–Trinajstić information content (AvgIpc) is 2.83. The molecule has 0 saturated carbocycles. The molecule has 2 aliphatic rings. The first-order chi connectivity index (χ1) is 15.9. The summed E-state index contributed by atoms with van der Waals surface area (Å²) in [7, 11) is 0.645. The number of rotatable bonds is 7. The molecule has 1 atom stereocenters. The molecule has 0 bridgehead atoms. The average molecular weight is 474 g/mol. The van der Waals surface area contributed by atoms with Crippen molar-refractivity contribution in [3.63, 3.8) is 0 Å². The molecule has 1 fully saturated rings. The summed E-state index contributed by atoms with van der Waals surface area (Å²) in [6.45, 7) is 3.81. The highest BCUT2D eigenvalue weighted by Gasteiger charge is 2.23. The molecule has 1 amide bonds. The molecule has 0 aromatic heterocycles. The van der Waals surface area contributed by atoms with Crippen molar-refractivity contribution in [2.24, 2.45) is 5.92 Å². The molecule has 1 unspecified atom stereocenters. The topological polar surface area (TPSA) is 61.9 Å². The normalized spacial score (nSPS) is 18.0. The molecule has 6 nitrogen and oxygen atoms in total. The Bertz CT molecular complexity index is 1020. The number of halogens is 1. The van der Waals surface area contributed by atoms with Crippen LogP contribution in [-0.4, -0.2) is 54.0 Å². The molecule has 0 aliphatic carbocycles. The Hall–Kier alpha value is -2.45. The number of ether oxygens (including phenoxy) is 1. The summed E-state index contributed by atoms with van der Waals surface area (Å²) in [4.78, 5) is 15.1. The number of nitrogens with zero attached hydrogens (tertiary/aromatic N) is 2. The van der Waals surface area contributed by atoms with E-state index in [9.17, 15) is 13.4 Å². The van der Waals surface area contributed by atoms with E-state index in [0.717, 1.165) is 62.1 Å². The number of methoxy groups -OCH3 is 1. The number of piperidine rings is 1. The predicted octanol–water partition coefficient (Wildman–Crippen LogP) is 3.52. The standard InChI is InChI=1S/C25H32FN3O3S/c1-32-24-15-22(26)7-5-21(24)17-28-11-3-4-19-14-20(6-8-23(19)28)25(30)27-16-18-9-12-29(13-10-18)33(2)31/h5-8,14-15,18H,3-4,9-13,16-17H2,1-2H3,(H,27,30). The Morgan fingerprint density at radius 1 is 1.18 bits per heavy atom. The Labute approximate surface area is 197 Å². The first-order valence-electron chi connectivity index (χ1n) is 11.5. The van der Waals surface area contributed by atoms with Crippen molar-refractivity contribution in [2.45, 2.75) is 32.2 Å². The van der Waals surface area contributed by atoms with Gasteiger partial charge in [0.15, 0.2) is 0 Å². The molecule has 2 aromatic rings. The van der Waals surface area contributed by atoms with Crippen LogP contribution in [0.15, 0.2) is 36.4 Å². The lowest BCUT2D eigenvalue weighted by Gasteiger charge is -2.32. The van der Waals surface area contributed by atoms with Gasteiger partial charge in [-0.05, 0) is 61.4 Å². The molecule has 4 rings (SSSR count). The maximum atomic E-state index is 13.6. The number of nitrogens with one attached hydrogen (secondary N) is 1. The van der Waals surface area contributed by atoms with E-state index in [4.69, 9.17) is 4.74 Å². The molecule has 33 heavy (non-hydrogen) atoms. The highest BCUT2D eigenvalue weighted by molar-refractivity contribution is 7.81. The van der Waals surface area contributed by atoms with E-state index in [1.54, 1.807) is 19.4 Å². The lowest BCUT2D eigenvalue weighted by atomic mass is 9.97. The number of benzene rings is 2. The number of aryl methyl sites for hydroxylation is 1. The quantitative estimate of drug-likeness (QED) is 0.669. The zero-order chi connectivity index (χ0) is 23.4. The van der Waals surface area contributed by atoms with Crippen LogP contribution >= 0.6 is 0 Å². The maximum absolute atomic E-state index is 13.6. The lowest BCUT2D eigenvalue weighted by Crippen LogP contribution is -2.39. The van der Waals surface area contributed by atoms with E-state index in [0.29, 0.717) is 30.3 Å². The van der Waals surface area contributed by atoms with Gasteiger partial charge in [-0.15, -0.1) is 0 Å². The summed E-state index contributed by atoms with van der Waals surface area (Å²) >= 11 is 0. The van der Waals surface area contributed by atoms with Crippen molar-refractivity contribution in [3.8, 4) is 5.75 Å². The lowest BCUT2D eigenvalue weighted by molar-refractivity contribution is 0.0941. The van der Waals surface area contributed by atoms with Gasteiger partial charge < -0.3 is 15.0 Å². The summed E-state index contributed by atoms with van der Waals surface area (Å²) in [6, 6.07) is 10.6. The Kier molecular flexibility index (Phi) is 7.65. The zero-order valence-electron chi connectivity index (χ0n) is 19.3. The van der Waals surface area contributed by atoms with Crippen LogP contribution in [-0.2, 0) is 24.0 Å². The zero-order valence-corrected chi connectivity index (χ0v) is 20.1. The van der Waals surface area contributed by atoms with Crippen LogP contribution in [0.4, 0.5) is 10.1 Å². The molecule has 1 saturated heterocycles. The Balaban J connectivity index is 1.39. The van der Waals surface area contributed by atoms with Crippen molar-refractivity contribution < 1.29 is 18.1 Å². The van der Waals surface area contributed by atoms with Gasteiger partial charge in [0, 0.05) is 61.9 Å². The molecule has 0 radical (unpaired) electrons.